The lowest BCUT2D eigenvalue weighted by Gasteiger charge is -2.18. The second-order valence-electron chi connectivity index (χ2n) is 7.36. The van der Waals surface area contributed by atoms with Crippen LogP contribution >= 0.6 is 0 Å². The van der Waals surface area contributed by atoms with E-state index in [1.54, 1.807) is 43.3 Å². The van der Waals surface area contributed by atoms with Crippen LogP contribution in [-0.4, -0.2) is 18.9 Å². The Morgan fingerprint density at radius 1 is 0.968 bits per heavy atom. The molecule has 4 aromatic rings. The summed E-state index contributed by atoms with van der Waals surface area (Å²) >= 11 is 0. The molecule has 7 nitrogen and oxygen atoms in total. The quantitative estimate of drug-likeness (QED) is 0.470. The Hall–Kier alpha value is -3.49. The largest absolute Gasteiger partial charge is 0.348 e. The van der Waals surface area contributed by atoms with Gasteiger partial charge < -0.3 is 9.88 Å². The molecule has 1 unspecified atom stereocenters. The highest BCUT2D eigenvalue weighted by molar-refractivity contribution is 7.89. The molecule has 158 valence electrons. The molecule has 0 saturated carbocycles. The van der Waals surface area contributed by atoms with Crippen LogP contribution < -0.4 is 15.9 Å². The molecule has 0 spiro atoms. The molecule has 0 fully saturated rings. The zero-order valence-corrected chi connectivity index (χ0v) is 17.6. The normalized spacial score (nSPS) is 12.7. The summed E-state index contributed by atoms with van der Waals surface area (Å²) in [7, 11) is -3.83. The molecule has 1 heterocycles. The van der Waals surface area contributed by atoms with Gasteiger partial charge in [0.1, 0.15) is 6.54 Å². The third-order valence-electron chi connectivity index (χ3n) is 5.24. The number of fused-ring (bicyclic) bond motifs is 2. The summed E-state index contributed by atoms with van der Waals surface area (Å²) in [6, 6.07) is 20.1. The van der Waals surface area contributed by atoms with Crippen molar-refractivity contribution in [3.8, 4) is 0 Å². The van der Waals surface area contributed by atoms with E-state index in [4.69, 9.17) is 5.14 Å². The van der Waals surface area contributed by atoms with Crippen molar-refractivity contribution in [2.24, 2.45) is 5.14 Å². The fraction of sp³-hybridized carbons (Fsp3) is 0.130. The molecule has 4 rings (SSSR count). The van der Waals surface area contributed by atoms with Gasteiger partial charge >= 0.3 is 0 Å². The van der Waals surface area contributed by atoms with Gasteiger partial charge in [0, 0.05) is 10.8 Å². The smallest absolute Gasteiger partial charge is 0.240 e. The number of nitrogens with one attached hydrogen (secondary N) is 1. The zero-order chi connectivity index (χ0) is 22.2. The van der Waals surface area contributed by atoms with E-state index in [0.29, 0.717) is 27.4 Å². The first-order valence-corrected chi connectivity index (χ1v) is 11.2. The Kier molecular flexibility index (Phi) is 5.34. The number of para-hydroxylation sites is 2. The lowest BCUT2D eigenvalue weighted by Crippen LogP contribution is -2.31. The molecule has 0 bridgehead atoms. The van der Waals surface area contributed by atoms with Crippen LogP contribution in [0.2, 0.25) is 0 Å². The molecule has 0 aliphatic rings. The second kappa shape index (κ2) is 7.98. The lowest BCUT2D eigenvalue weighted by atomic mass is 10.1. The molecular formula is C23H21N3O4S. The number of carbonyl (C=O) groups excluding carboxylic acids is 1. The van der Waals surface area contributed by atoms with Gasteiger partial charge in [0.2, 0.25) is 15.9 Å². The fourth-order valence-corrected chi connectivity index (χ4v) is 4.29. The monoisotopic (exact) mass is 435 g/mol. The van der Waals surface area contributed by atoms with Gasteiger partial charge in [-0.1, -0.05) is 36.4 Å². The van der Waals surface area contributed by atoms with Gasteiger partial charge in [0.15, 0.2) is 5.43 Å². The highest BCUT2D eigenvalue weighted by Gasteiger charge is 2.16. The van der Waals surface area contributed by atoms with Crippen LogP contribution in [0.5, 0.6) is 0 Å². The summed E-state index contributed by atoms with van der Waals surface area (Å²) in [6.07, 6.45) is 0. The minimum atomic E-state index is -3.83. The summed E-state index contributed by atoms with van der Waals surface area (Å²) in [5.41, 5.74) is 1.89. The van der Waals surface area contributed by atoms with Gasteiger partial charge in [0.25, 0.3) is 0 Å². The Bertz CT molecular complexity index is 1420. The van der Waals surface area contributed by atoms with Crippen molar-refractivity contribution in [1.82, 2.24) is 9.88 Å². The molecule has 3 N–H and O–H groups in total. The van der Waals surface area contributed by atoms with Crippen molar-refractivity contribution < 1.29 is 13.2 Å². The third kappa shape index (κ3) is 4.08. The number of pyridine rings is 1. The second-order valence-corrected chi connectivity index (χ2v) is 8.92. The topological polar surface area (TPSA) is 111 Å². The first-order valence-electron chi connectivity index (χ1n) is 9.68. The van der Waals surface area contributed by atoms with Gasteiger partial charge in [-0.25, -0.2) is 13.6 Å². The van der Waals surface area contributed by atoms with Gasteiger partial charge in [0.05, 0.1) is 22.0 Å². The molecule has 0 aliphatic heterocycles. The standard InChI is InChI=1S/C23H21N3O4S/c1-15(16-7-6-8-17(13-16)31(24,29)30)25-22(27)14-26-20-11-4-2-9-18(20)23(28)19-10-3-5-12-21(19)26/h2-13,15H,14H2,1H3,(H,25,27)(H2,24,29,30). The average Bonchev–Trinajstić information content (AvgIpc) is 2.76. The lowest BCUT2D eigenvalue weighted by molar-refractivity contribution is -0.122. The Morgan fingerprint density at radius 3 is 2.13 bits per heavy atom. The highest BCUT2D eigenvalue weighted by atomic mass is 32.2. The van der Waals surface area contributed by atoms with Crippen molar-refractivity contribution in [3.05, 3.63) is 88.6 Å². The minimum Gasteiger partial charge on any atom is -0.348 e. The maximum Gasteiger partial charge on any atom is 0.240 e. The zero-order valence-electron chi connectivity index (χ0n) is 16.8. The number of sulfonamides is 1. The van der Waals surface area contributed by atoms with Crippen molar-refractivity contribution in [3.63, 3.8) is 0 Å². The molecule has 8 heteroatoms. The van der Waals surface area contributed by atoms with Crippen molar-refractivity contribution in [2.45, 2.75) is 24.4 Å². The number of rotatable bonds is 5. The fourth-order valence-electron chi connectivity index (χ4n) is 3.72. The Labute approximate surface area is 179 Å². The molecule has 0 aliphatic carbocycles. The summed E-state index contributed by atoms with van der Waals surface area (Å²) in [6.45, 7) is 1.77. The third-order valence-corrected chi connectivity index (χ3v) is 6.16. The summed E-state index contributed by atoms with van der Waals surface area (Å²) in [4.78, 5) is 25.7. The van der Waals surface area contributed by atoms with Gasteiger partial charge in [-0.05, 0) is 48.9 Å². The van der Waals surface area contributed by atoms with Crippen LogP contribution in [0, 0.1) is 0 Å². The SMILES string of the molecule is CC(NC(=O)Cn1c2ccccc2c(=O)c2ccccc21)c1cccc(S(N)(=O)=O)c1. The number of amides is 1. The van der Waals surface area contributed by atoms with E-state index >= 15 is 0 Å². The van der Waals surface area contributed by atoms with Crippen LogP contribution in [0.3, 0.4) is 0 Å². The number of nitrogens with zero attached hydrogens (tertiary/aromatic N) is 1. The molecule has 1 aromatic heterocycles. The Balaban J connectivity index is 1.68. The number of primary sulfonamides is 1. The van der Waals surface area contributed by atoms with Gasteiger partial charge in [-0.15, -0.1) is 0 Å². The van der Waals surface area contributed by atoms with E-state index in [9.17, 15) is 18.0 Å². The van der Waals surface area contributed by atoms with E-state index < -0.39 is 16.1 Å². The molecule has 0 radical (unpaired) electrons. The molecular weight excluding hydrogens is 414 g/mol. The van der Waals surface area contributed by atoms with E-state index in [1.165, 1.54) is 12.1 Å². The molecule has 3 aromatic carbocycles. The first kappa shape index (κ1) is 20.8. The highest BCUT2D eigenvalue weighted by Crippen LogP contribution is 2.20. The number of hydrogen-bond acceptors (Lipinski definition) is 4. The van der Waals surface area contributed by atoms with E-state index in [2.05, 4.69) is 5.32 Å². The number of benzene rings is 3. The number of hydrogen-bond donors (Lipinski definition) is 2. The van der Waals surface area contributed by atoms with E-state index in [0.717, 1.165) is 0 Å². The molecule has 1 amide bonds. The van der Waals surface area contributed by atoms with Crippen LogP contribution in [0.15, 0.2) is 82.5 Å². The molecule has 31 heavy (non-hydrogen) atoms. The molecule has 0 saturated heterocycles. The van der Waals surface area contributed by atoms with Gasteiger partial charge in [-0.3, -0.25) is 9.59 Å². The van der Waals surface area contributed by atoms with Crippen molar-refractivity contribution in [1.29, 1.82) is 0 Å². The predicted molar refractivity (Wildman–Crippen MR) is 120 cm³/mol. The molecule has 1 atom stereocenters. The maximum atomic E-state index is 12.9. The van der Waals surface area contributed by atoms with Crippen LogP contribution in [0.25, 0.3) is 21.8 Å². The van der Waals surface area contributed by atoms with E-state index in [-0.39, 0.29) is 22.8 Å². The van der Waals surface area contributed by atoms with Crippen LogP contribution in [0.4, 0.5) is 0 Å². The van der Waals surface area contributed by atoms with Crippen LogP contribution in [-0.2, 0) is 21.4 Å². The summed E-state index contributed by atoms with van der Waals surface area (Å²) in [5.74, 6) is -0.271. The van der Waals surface area contributed by atoms with Gasteiger partial charge in [-0.2, -0.15) is 0 Å². The minimum absolute atomic E-state index is 0.000521. The maximum absolute atomic E-state index is 12.9. The number of aromatic nitrogens is 1. The summed E-state index contributed by atoms with van der Waals surface area (Å²) in [5, 5.41) is 9.19. The van der Waals surface area contributed by atoms with Crippen LogP contribution in [0.1, 0.15) is 18.5 Å². The number of nitrogens with two attached hydrogens (primary N) is 1. The van der Waals surface area contributed by atoms with Crippen molar-refractivity contribution >= 4 is 37.7 Å². The van der Waals surface area contributed by atoms with Crippen molar-refractivity contribution in [2.75, 3.05) is 0 Å². The average molecular weight is 436 g/mol. The summed E-state index contributed by atoms with van der Waals surface area (Å²) < 4.78 is 25.0. The number of carbonyl (C=O) groups is 1. The van der Waals surface area contributed by atoms with E-state index in [1.807, 2.05) is 28.8 Å². The Morgan fingerprint density at radius 2 is 1.55 bits per heavy atom. The predicted octanol–water partition coefficient (Wildman–Crippen LogP) is 2.68. The first-order chi connectivity index (χ1) is 14.8.